The lowest BCUT2D eigenvalue weighted by Crippen LogP contribution is -2.43. The second-order valence-corrected chi connectivity index (χ2v) is 19.3. The fraction of sp³-hybridized carbons (Fsp3) is 0.300. The summed E-state index contributed by atoms with van der Waals surface area (Å²) in [6.07, 6.45) is 47.9. The van der Waals surface area contributed by atoms with Crippen LogP contribution in [0.5, 0.6) is 0 Å². The van der Waals surface area contributed by atoms with Crippen LogP contribution in [0.1, 0.15) is 98.9 Å². The molecule has 0 spiro atoms. The van der Waals surface area contributed by atoms with Crippen molar-refractivity contribution in [1.29, 1.82) is 0 Å². The van der Waals surface area contributed by atoms with Gasteiger partial charge in [-0.1, -0.05) is 109 Å². The third kappa shape index (κ3) is 7.43. The summed E-state index contributed by atoms with van der Waals surface area (Å²) >= 11 is 0. The summed E-state index contributed by atoms with van der Waals surface area (Å²) in [4.78, 5) is 7.80. The molecule has 0 fully saturated rings. The average molecular weight is 873 g/mol. The monoisotopic (exact) mass is 872 g/mol. The van der Waals surface area contributed by atoms with Crippen molar-refractivity contribution in [3.05, 3.63) is 202 Å². The number of hydrogen-bond donors (Lipinski definition) is 0. The molecule has 7 aliphatic carbocycles. The van der Waals surface area contributed by atoms with Gasteiger partial charge in [-0.2, -0.15) is 0 Å². The topological polar surface area (TPSA) is 14.7 Å². The Kier molecular flexibility index (Phi) is 10.8. The van der Waals surface area contributed by atoms with Crippen molar-refractivity contribution in [2.24, 2.45) is 0 Å². The third-order valence-corrected chi connectivity index (χ3v) is 15.4. The zero-order valence-electron chi connectivity index (χ0n) is 37.7. The minimum atomic E-state index is -0.904. The Morgan fingerprint density at radius 2 is 1.52 bits per heavy atom. The van der Waals surface area contributed by atoms with Crippen LogP contribution in [0.3, 0.4) is 0 Å². The van der Waals surface area contributed by atoms with Gasteiger partial charge in [-0.25, -0.2) is 8.78 Å². The molecular weight excluding hydrogens is 815 g/mol. The summed E-state index contributed by atoms with van der Waals surface area (Å²) in [7, 11) is 0. The number of halogens is 2. The molecule has 6 unspecified atom stereocenters. The predicted molar refractivity (Wildman–Crippen MR) is 270 cm³/mol. The van der Waals surface area contributed by atoms with Crippen LogP contribution in [-0.2, 0) is 6.42 Å². The first-order chi connectivity index (χ1) is 32.6. The van der Waals surface area contributed by atoms with E-state index in [1.165, 1.54) is 74.1 Å². The van der Waals surface area contributed by atoms with E-state index in [4.69, 9.17) is 0 Å². The van der Waals surface area contributed by atoms with Gasteiger partial charge in [0.15, 0.2) is 0 Å². The molecule has 0 saturated carbocycles. The van der Waals surface area contributed by atoms with Gasteiger partial charge in [0.1, 0.15) is 12.0 Å². The van der Waals surface area contributed by atoms with Crippen LogP contribution < -0.4 is 20.4 Å². The Bertz CT molecular complexity index is 2950. The van der Waals surface area contributed by atoms with Crippen molar-refractivity contribution in [3.8, 4) is 0 Å². The molecule has 4 aromatic rings. The number of nitrogens with zero attached hydrogens (tertiary/aromatic N) is 4. The molecule has 12 rings (SSSR count). The first-order valence-electron chi connectivity index (χ1n) is 24.6. The number of anilines is 3. The second kappa shape index (κ2) is 17.4. The van der Waals surface area contributed by atoms with E-state index in [-0.39, 0.29) is 23.8 Å². The third-order valence-electron chi connectivity index (χ3n) is 15.4. The highest BCUT2D eigenvalue weighted by atomic mass is 19.1. The van der Waals surface area contributed by atoms with Crippen molar-refractivity contribution < 1.29 is 8.78 Å². The molecular formula is C60H58F2N4. The zero-order chi connectivity index (χ0) is 44.1. The molecule has 3 aromatic carbocycles. The number of aromatic nitrogens is 1. The Morgan fingerprint density at radius 1 is 0.652 bits per heavy atom. The summed E-state index contributed by atoms with van der Waals surface area (Å²) in [6.45, 7) is 0. The number of fused-ring (bicyclic) bond motifs is 6. The standard InChI is InChI=1S/C60H58F2N4/c61-43-23-31-49(32-24-43)65-57-17-9-7-15-53(57)55-39-51(35-37-59(55)65)63(45-11-3-1-4-12-45)47-27-19-41(20-28-47)42-21-29-48(30-22-42)64(46-13-5-2-6-14-46)52-36-38-60-56(40-52)54-16-8-10-18-58(54)66(60)50-33-25-44(62)26-34-50/h1,3-4,7,9-11,13,15,17-25,27,29-34,38-40,44-45,47,52,55,59H,2,5-6,8,12,14,16,26,28,35-37H2. The summed E-state index contributed by atoms with van der Waals surface area (Å²) in [5.74, 6) is 0.0640. The van der Waals surface area contributed by atoms with Crippen LogP contribution in [0.15, 0.2) is 163 Å². The van der Waals surface area contributed by atoms with E-state index in [0.717, 1.165) is 69.2 Å². The van der Waals surface area contributed by atoms with Gasteiger partial charge in [-0.05, 0) is 154 Å². The van der Waals surface area contributed by atoms with Gasteiger partial charge in [0.2, 0.25) is 0 Å². The summed E-state index contributed by atoms with van der Waals surface area (Å²) in [6, 6.07) is 26.3. The number of alkyl halides is 1. The van der Waals surface area contributed by atoms with Gasteiger partial charge in [0.05, 0.1) is 18.1 Å². The van der Waals surface area contributed by atoms with Crippen molar-refractivity contribution >= 4 is 46.6 Å². The Labute approximate surface area is 388 Å². The molecule has 1 aliphatic heterocycles. The Balaban J connectivity index is 0.819. The molecule has 0 N–H and O–H groups in total. The molecule has 6 atom stereocenters. The van der Waals surface area contributed by atoms with Crippen LogP contribution in [0.2, 0.25) is 0 Å². The fourth-order valence-electron chi connectivity index (χ4n) is 12.3. The lowest BCUT2D eigenvalue weighted by Gasteiger charge is -2.43. The molecule has 0 bridgehead atoms. The minimum Gasteiger partial charge on any atom is -0.362 e. The van der Waals surface area contributed by atoms with Crippen LogP contribution >= 0.6 is 0 Å². The summed E-state index contributed by atoms with van der Waals surface area (Å²) < 4.78 is 30.6. The number of allylic oxidation sites excluding steroid dienone is 12. The lowest BCUT2D eigenvalue weighted by atomic mass is 9.84. The minimum absolute atomic E-state index is 0.200. The van der Waals surface area contributed by atoms with Gasteiger partial charge >= 0.3 is 0 Å². The molecule has 2 heterocycles. The van der Waals surface area contributed by atoms with Gasteiger partial charge in [0.25, 0.3) is 0 Å². The van der Waals surface area contributed by atoms with Crippen LogP contribution in [0.4, 0.5) is 25.8 Å². The normalized spacial score (nSPS) is 25.9. The highest BCUT2D eigenvalue weighted by molar-refractivity contribution is 5.78. The number of hydrogen-bond acceptors (Lipinski definition) is 3. The van der Waals surface area contributed by atoms with Crippen LogP contribution in [0, 0.1) is 5.82 Å². The molecule has 332 valence electrons. The van der Waals surface area contributed by atoms with Crippen LogP contribution in [0.25, 0.3) is 29.5 Å². The predicted octanol–water partition coefficient (Wildman–Crippen LogP) is 12.9. The van der Waals surface area contributed by atoms with E-state index in [2.05, 4.69) is 153 Å². The molecule has 0 saturated heterocycles. The first kappa shape index (κ1) is 41.1. The molecule has 4 nitrogen and oxygen atoms in total. The molecule has 0 amide bonds. The molecule has 6 heteroatoms. The second-order valence-electron chi connectivity index (χ2n) is 19.3. The van der Waals surface area contributed by atoms with Gasteiger partial charge in [-0.3, -0.25) is 0 Å². The van der Waals surface area contributed by atoms with Gasteiger partial charge in [-0.15, -0.1) is 0 Å². The molecule has 8 aliphatic rings. The maximum Gasteiger partial charge on any atom is 0.123 e. The van der Waals surface area contributed by atoms with E-state index in [1.807, 2.05) is 18.2 Å². The summed E-state index contributed by atoms with van der Waals surface area (Å²) in [5, 5.41) is 2.61. The van der Waals surface area contributed by atoms with Gasteiger partial charge < -0.3 is 19.3 Å². The first-order valence-corrected chi connectivity index (χ1v) is 24.6. The Morgan fingerprint density at radius 3 is 2.30 bits per heavy atom. The summed E-state index contributed by atoms with van der Waals surface area (Å²) in [5.41, 5.74) is 14.1. The smallest absolute Gasteiger partial charge is 0.123 e. The van der Waals surface area contributed by atoms with E-state index >= 15 is 0 Å². The zero-order valence-corrected chi connectivity index (χ0v) is 37.7. The number of para-hydroxylation sites is 1. The molecule has 66 heavy (non-hydrogen) atoms. The molecule has 0 radical (unpaired) electrons. The average Bonchev–Trinajstić information content (AvgIpc) is 3.88. The fourth-order valence-corrected chi connectivity index (χ4v) is 12.3. The van der Waals surface area contributed by atoms with Crippen molar-refractivity contribution in [2.45, 2.75) is 113 Å². The molecule has 1 aromatic heterocycles. The largest absolute Gasteiger partial charge is 0.362 e. The maximum absolute atomic E-state index is 14.2. The van der Waals surface area contributed by atoms with Crippen molar-refractivity contribution in [1.82, 2.24) is 9.47 Å². The van der Waals surface area contributed by atoms with Crippen molar-refractivity contribution in [2.75, 3.05) is 9.80 Å². The highest BCUT2D eigenvalue weighted by Crippen LogP contribution is 2.51. The van der Waals surface area contributed by atoms with E-state index in [0.29, 0.717) is 18.5 Å². The Hall–Kier alpha value is -6.40. The van der Waals surface area contributed by atoms with E-state index in [1.54, 1.807) is 18.2 Å². The lowest BCUT2D eigenvalue weighted by molar-refractivity contribution is 0.228. The number of rotatable bonds is 9. The van der Waals surface area contributed by atoms with Crippen molar-refractivity contribution in [3.63, 3.8) is 0 Å². The number of benzene rings is 3. The van der Waals surface area contributed by atoms with Gasteiger partial charge in [0, 0.05) is 68.8 Å². The highest BCUT2D eigenvalue weighted by Gasteiger charge is 2.42. The SMILES string of the molecule is Fc1ccc(N2c3ccccc3C3C=C(N(C4C=CC=CC4)C4C=CC(c5ccc(N(C6=CCCCC6)C6C=c7c8c(n(C9=CCC(F)C=C9)c7=CC6)C=CCC8)cc5)=CC4)CCC32)cc1. The maximum atomic E-state index is 14.2. The van der Waals surface area contributed by atoms with E-state index < -0.39 is 6.17 Å². The van der Waals surface area contributed by atoms with E-state index in [9.17, 15) is 8.78 Å². The quantitative estimate of drug-likeness (QED) is 0.167. The van der Waals surface area contributed by atoms with Crippen LogP contribution in [-0.4, -0.2) is 39.8 Å².